The van der Waals surface area contributed by atoms with Crippen LogP contribution < -0.4 is 0 Å². The van der Waals surface area contributed by atoms with Crippen molar-refractivity contribution in [1.82, 2.24) is 0 Å². The molecular weight excluding hydrogens is 457 g/mol. The first-order chi connectivity index (χ1) is 0. The van der Waals surface area contributed by atoms with Gasteiger partial charge in [0.15, 0.2) is 0 Å². The Morgan fingerprint density at radius 3 is 1.00 bits per heavy atom. The second kappa shape index (κ2) is 15.7. The molecule has 0 saturated carbocycles. The smallest absolute Gasteiger partial charge is 0 e. The number of rotatable bonds is 0. The van der Waals surface area contributed by atoms with Crippen LogP contribution >= 0.6 is 0 Å². The fourth-order valence-corrected chi connectivity index (χ4v) is 0. The first kappa shape index (κ1) is 24.3. The quantitative estimate of drug-likeness (QED) is 0.388. The summed E-state index contributed by atoms with van der Waals surface area (Å²) in [5.74, 6) is 0. The van der Waals surface area contributed by atoms with Gasteiger partial charge in [-0.1, -0.05) is 0 Å². The van der Waals surface area contributed by atoms with Crippen molar-refractivity contribution in [3.63, 3.8) is 0 Å². The molecule has 0 N–H and O–H groups in total. The van der Waals surface area contributed by atoms with E-state index in [-0.39, 0.29) is 128 Å². The van der Waals surface area contributed by atoms with E-state index in [0.717, 1.165) is 0 Å². The Kier molecular flexibility index (Phi) is 95.6. The molecule has 0 aliphatic carbocycles. The molecule has 0 aliphatic heterocycles. The average molecular weight is 461 g/mol. The van der Waals surface area contributed by atoms with Crippen molar-refractivity contribution in [1.29, 1.82) is 0 Å². The summed E-state index contributed by atoms with van der Waals surface area (Å²) in [6.45, 7) is 0. The molecular formula is H4ErSiYYb. The van der Waals surface area contributed by atoms with E-state index in [4.69, 9.17) is 0 Å². The predicted molar refractivity (Wildman–Crippen MR) is 11.3 cm³/mol. The molecule has 0 fully saturated rings. The van der Waals surface area contributed by atoms with E-state index in [1.807, 2.05) is 0 Å². The Morgan fingerprint density at radius 2 is 1.00 bits per heavy atom. The first-order valence-electron chi connectivity index (χ1n) is 0. The van der Waals surface area contributed by atoms with Crippen LogP contribution in [0.2, 0.25) is 0 Å². The van der Waals surface area contributed by atoms with Crippen LogP contribution in [0.3, 0.4) is 0 Å². The van der Waals surface area contributed by atoms with Gasteiger partial charge >= 0.3 is 0 Å². The summed E-state index contributed by atoms with van der Waals surface area (Å²) in [6, 6.07) is 0. The second-order valence-electron chi connectivity index (χ2n) is 0. The van der Waals surface area contributed by atoms with Crippen LogP contribution in [0.4, 0.5) is 0 Å². The maximum absolute atomic E-state index is 0. The molecule has 0 aromatic heterocycles. The molecule has 0 saturated heterocycles. The zero-order valence-corrected chi connectivity index (χ0v) is 7.54. The van der Waals surface area contributed by atoms with E-state index in [2.05, 4.69) is 0 Å². The van der Waals surface area contributed by atoms with Crippen LogP contribution in [0.5, 0.6) is 0 Å². The molecule has 1 radical (unpaired) electrons. The Hall–Kier alpha value is 4.09. The molecule has 37 valence electrons. The molecule has 0 unspecified atom stereocenters. The van der Waals surface area contributed by atoms with Crippen LogP contribution in [0.25, 0.3) is 0 Å². The fourth-order valence-electron chi connectivity index (χ4n) is 0. The van der Waals surface area contributed by atoms with Gasteiger partial charge in [0.05, 0.1) is 0 Å². The first-order valence-corrected chi connectivity index (χ1v) is 0. The van der Waals surface area contributed by atoms with Gasteiger partial charge in [0.25, 0.3) is 0 Å². The minimum absolute atomic E-state index is 0. The molecule has 0 aliphatic rings. The topological polar surface area (TPSA) is 0 Å². The van der Waals surface area contributed by atoms with Gasteiger partial charge in [0.2, 0.25) is 0 Å². The SMILES string of the molecule is [Er].[SiH4].[Y].[Yb]. The van der Waals surface area contributed by atoms with Crippen LogP contribution in [-0.2, 0) is 32.7 Å². The van der Waals surface area contributed by atoms with E-state index in [9.17, 15) is 0 Å². The minimum Gasteiger partial charge on any atom is -0.0149 e. The van der Waals surface area contributed by atoms with E-state index >= 15 is 0 Å². The predicted octanol–water partition coefficient (Wildman–Crippen LogP) is -1.45. The summed E-state index contributed by atoms with van der Waals surface area (Å²) >= 11 is 0. The molecule has 0 aromatic rings. The summed E-state index contributed by atoms with van der Waals surface area (Å²) in [5.41, 5.74) is 0. The maximum Gasteiger partial charge on any atom is 0 e. The van der Waals surface area contributed by atoms with Crippen molar-refractivity contribution >= 4 is 11.0 Å². The molecule has 0 heterocycles. The van der Waals surface area contributed by atoms with Gasteiger partial charge in [-0.2, -0.15) is 0 Å². The van der Waals surface area contributed by atoms with Gasteiger partial charge in [-0.05, 0) is 11.0 Å². The summed E-state index contributed by atoms with van der Waals surface area (Å²) < 4.78 is 0. The fraction of sp³-hybridized carbons (Fsp3) is 0. The molecule has 4 heteroatoms. The summed E-state index contributed by atoms with van der Waals surface area (Å²) in [4.78, 5) is 0. The molecule has 0 amide bonds. The Balaban J connectivity index is 0. The summed E-state index contributed by atoms with van der Waals surface area (Å²) in [7, 11) is 0. The largest absolute Gasteiger partial charge is 0.0149 e. The normalized spacial score (nSPS) is 0. The van der Waals surface area contributed by atoms with Gasteiger partial charge in [-0.15, -0.1) is 0 Å². The van der Waals surface area contributed by atoms with Crippen LogP contribution in [-0.4, -0.2) is 11.0 Å². The summed E-state index contributed by atoms with van der Waals surface area (Å²) in [5, 5.41) is 0. The monoisotopic (exact) mass is 461 g/mol. The number of hydrogen-bond acceptors (Lipinski definition) is 0. The molecule has 0 aromatic carbocycles. The average Bonchev–Trinajstić information content (AvgIpc) is 0. The Morgan fingerprint density at radius 1 is 1.00 bits per heavy atom. The molecule has 0 atom stereocenters. The zero-order chi connectivity index (χ0) is 0. The molecule has 0 rings (SSSR count). The number of hydrogen-bond donors (Lipinski definition) is 0. The van der Waals surface area contributed by atoms with Gasteiger partial charge < -0.3 is 0 Å². The third kappa shape index (κ3) is 9.43. The van der Waals surface area contributed by atoms with Crippen LogP contribution in [0.15, 0.2) is 0 Å². The van der Waals surface area contributed by atoms with Crippen molar-refractivity contribution in [2.45, 2.75) is 0 Å². The van der Waals surface area contributed by atoms with E-state index in [1.165, 1.54) is 0 Å². The molecule has 4 heavy (non-hydrogen) atoms. The molecule has 0 nitrogen and oxygen atoms in total. The third-order valence-corrected chi connectivity index (χ3v) is 0. The van der Waals surface area contributed by atoms with Gasteiger partial charge in [0.1, 0.15) is 0 Å². The standard InChI is InChI=1S/Er.H4Si.Y.Yb/h;1H4;;. The van der Waals surface area contributed by atoms with E-state index in [1.54, 1.807) is 0 Å². The second-order valence-corrected chi connectivity index (χ2v) is 0. The Labute approximate surface area is 124 Å². The van der Waals surface area contributed by atoms with Gasteiger partial charge in [-0.25, -0.2) is 0 Å². The van der Waals surface area contributed by atoms with E-state index < -0.39 is 0 Å². The summed E-state index contributed by atoms with van der Waals surface area (Å²) in [6.07, 6.45) is 0. The molecule has 0 bridgehead atoms. The zero-order valence-electron chi connectivity index (χ0n) is 1.13. The van der Waals surface area contributed by atoms with Crippen LogP contribution in [0.1, 0.15) is 0 Å². The molecule has 0 spiro atoms. The third-order valence-electron chi connectivity index (χ3n) is 0. The van der Waals surface area contributed by atoms with Crippen molar-refractivity contribution in [3.05, 3.63) is 0 Å². The van der Waals surface area contributed by atoms with Gasteiger partial charge in [0, 0.05) is 117 Å². The van der Waals surface area contributed by atoms with Crippen molar-refractivity contribution in [3.8, 4) is 0 Å². The van der Waals surface area contributed by atoms with Crippen molar-refractivity contribution < 1.29 is 117 Å². The van der Waals surface area contributed by atoms with Crippen molar-refractivity contribution in [2.24, 2.45) is 0 Å². The maximum atomic E-state index is 0. The van der Waals surface area contributed by atoms with Crippen molar-refractivity contribution in [2.75, 3.05) is 0 Å². The van der Waals surface area contributed by atoms with E-state index in [0.29, 0.717) is 0 Å². The minimum atomic E-state index is 0. The Bertz CT molecular complexity index is 8.00. The van der Waals surface area contributed by atoms with Crippen LogP contribution in [0, 0.1) is 84.2 Å². The van der Waals surface area contributed by atoms with Gasteiger partial charge in [-0.3, -0.25) is 0 Å².